The van der Waals surface area contributed by atoms with Gasteiger partial charge in [0.05, 0.1) is 5.69 Å². The summed E-state index contributed by atoms with van der Waals surface area (Å²) in [4.78, 5) is 0. The van der Waals surface area contributed by atoms with E-state index in [0.29, 0.717) is 6.04 Å². The Bertz CT molecular complexity index is 572. The average molecular weight is 292 g/mol. The highest BCUT2D eigenvalue weighted by atomic mass is 35.5. The molecule has 1 atom stereocenters. The van der Waals surface area contributed by atoms with Gasteiger partial charge in [0.1, 0.15) is 5.15 Å². The summed E-state index contributed by atoms with van der Waals surface area (Å²) in [5, 5.41) is 8.50. The van der Waals surface area contributed by atoms with E-state index in [4.69, 9.17) is 11.6 Å². The normalized spacial score (nSPS) is 12.7. The molecule has 0 bridgehead atoms. The highest BCUT2D eigenvalue weighted by Crippen LogP contribution is 2.21. The minimum absolute atomic E-state index is 0.359. The summed E-state index contributed by atoms with van der Waals surface area (Å²) in [7, 11) is 3.88. The summed E-state index contributed by atoms with van der Waals surface area (Å²) < 4.78 is 1.74. The van der Waals surface area contributed by atoms with Gasteiger partial charge in [-0.1, -0.05) is 41.4 Å². The van der Waals surface area contributed by atoms with E-state index in [1.54, 1.807) is 4.68 Å². The van der Waals surface area contributed by atoms with E-state index in [-0.39, 0.29) is 0 Å². The van der Waals surface area contributed by atoms with E-state index >= 15 is 0 Å². The fourth-order valence-corrected chi connectivity index (χ4v) is 2.69. The van der Waals surface area contributed by atoms with Crippen LogP contribution in [0.1, 0.15) is 22.4 Å². The summed E-state index contributed by atoms with van der Waals surface area (Å²) in [5.41, 5.74) is 4.79. The summed E-state index contributed by atoms with van der Waals surface area (Å²) in [6, 6.07) is 9.06. The molecule has 20 heavy (non-hydrogen) atoms. The third-order valence-electron chi connectivity index (χ3n) is 3.73. The van der Waals surface area contributed by atoms with Gasteiger partial charge < -0.3 is 5.32 Å². The predicted octanol–water partition coefficient (Wildman–Crippen LogP) is 3.06. The van der Waals surface area contributed by atoms with Crippen LogP contribution in [0.25, 0.3) is 0 Å². The van der Waals surface area contributed by atoms with Crippen LogP contribution < -0.4 is 5.32 Å². The van der Waals surface area contributed by atoms with Gasteiger partial charge in [-0.05, 0) is 39.3 Å². The molecule has 1 N–H and O–H groups in total. The molecule has 1 aromatic heterocycles. The Morgan fingerprint density at radius 1 is 1.20 bits per heavy atom. The van der Waals surface area contributed by atoms with Crippen LogP contribution >= 0.6 is 11.6 Å². The van der Waals surface area contributed by atoms with Crippen molar-refractivity contribution >= 4 is 11.6 Å². The first kappa shape index (κ1) is 15.1. The van der Waals surface area contributed by atoms with E-state index in [2.05, 4.69) is 41.6 Å². The maximum atomic E-state index is 6.31. The molecule has 1 unspecified atom stereocenters. The first-order chi connectivity index (χ1) is 9.51. The standard InChI is InChI=1S/C16H22ClN3/c1-11-5-7-13(8-6-11)9-14(18-3)10-15-12(2)19-20(4)16(15)17/h5-8,14,18H,9-10H2,1-4H3. The van der Waals surface area contributed by atoms with Crippen LogP contribution in [-0.4, -0.2) is 22.9 Å². The van der Waals surface area contributed by atoms with Gasteiger partial charge >= 0.3 is 0 Å². The summed E-state index contributed by atoms with van der Waals surface area (Å²) >= 11 is 6.31. The van der Waals surface area contributed by atoms with Crippen molar-refractivity contribution in [1.29, 1.82) is 0 Å². The number of rotatable bonds is 5. The molecule has 2 aromatic rings. The van der Waals surface area contributed by atoms with Crippen molar-refractivity contribution in [1.82, 2.24) is 15.1 Å². The molecule has 0 aliphatic heterocycles. The second-order valence-electron chi connectivity index (χ2n) is 5.36. The Balaban J connectivity index is 2.11. The van der Waals surface area contributed by atoms with Crippen LogP contribution in [0.3, 0.4) is 0 Å². The molecule has 0 saturated carbocycles. The summed E-state index contributed by atoms with van der Waals surface area (Å²) in [5.74, 6) is 0. The number of halogens is 1. The Hall–Kier alpha value is -1.32. The number of hydrogen-bond donors (Lipinski definition) is 1. The van der Waals surface area contributed by atoms with E-state index in [1.165, 1.54) is 11.1 Å². The van der Waals surface area contributed by atoms with Gasteiger partial charge in [-0.2, -0.15) is 5.10 Å². The fourth-order valence-electron chi connectivity index (χ4n) is 2.44. The third-order valence-corrected chi connectivity index (χ3v) is 4.20. The number of likely N-dealkylation sites (N-methyl/N-ethyl adjacent to an activating group) is 1. The Kier molecular flexibility index (Phi) is 4.84. The minimum Gasteiger partial charge on any atom is -0.316 e. The van der Waals surface area contributed by atoms with Crippen molar-refractivity contribution in [2.24, 2.45) is 7.05 Å². The monoisotopic (exact) mass is 291 g/mol. The first-order valence-corrected chi connectivity index (χ1v) is 7.30. The van der Waals surface area contributed by atoms with E-state index in [9.17, 15) is 0 Å². The van der Waals surface area contributed by atoms with E-state index in [1.807, 2.05) is 21.0 Å². The van der Waals surface area contributed by atoms with E-state index in [0.717, 1.165) is 29.3 Å². The molecular weight excluding hydrogens is 270 g/mol. The molecule has 3 nitrogen and oxygen atoms in total. The highest BCUT2D eigenvalue weighted by Gasteiger charge is 2.16. The van der Waals surface area contributed by atoms with Gasteiger partial charge in [0, 0.05) is 18.7 Å². The van der Waals surface area contributed by atoms with Crippen molar-refractivity contribution in [3.63, 3.8) is 0 Å². The number of hydrogen-bond acceptors (Lipinski definition) is 2. The molecule has 1 aromatic carbocycles. The Morgan fingerprint density at radius 2 is 1.85 bits per heavy atom. The van der Waals surface area contributed by atoms with Crippen LogP contribution in [0, 0.1) is 13.8 Å². The topological polar surface area (TPSA) is 29.9 Å². The number of benzene rings is 1. The lowest BCUT2D eigenvalue weighted by Crippen LogP contribution is -2.30. The minimum atomic E-state index is 0.359. The van der Waals surface area contributed by atoms with Gasteiger partial charge in [0.15, 0.2) is 0 Å². The average Bonchev–Trinajstić information content (AvgIpc) is 2.66. The second-order valence-corrected chi connectivity index (χ2v) is 5.72. The number of nitrogens with zero attached hydrogens (tertiary/aromatic N) is 2. The van der Waals surface area contributed by atoms with Gasteiger partial charge in [-0.25, -0.2) is 0 Å². The molecule has 0 saturated heterocycles. The zero-order valence-electron chi connectivity index (χ0n) is 12.6. The van der Waals surface area contributed by atoms with Crippen molar-refractivity contribution in [2.75, 3.05) is 7.05 Å². The van der Waals surface area contributed by atoms with Gasteiger partial charge in [0.25, 0.3) is 0 Å². The van der Waals surface area contributed by atoms with Gasteiger partial charge in [0.2, 0.25) is 0 Å². The molecule has 0 radical (unpaired) electrons. The molecule has 1 heterocycles. The second kappa shape index (κ2) is 6.42. The maximum Gasteiger partial charge on any atom is 0.130 e. The highest BCUT2D eigenvalue weighted by molar-refractivity contribution is 6.30. The number of aryl methyl sites for hydroxylation is 3. The maximum absolute atomic E-state index is 6.31. The molecular formula is C16H22ClN3. The fraction of sp³-hybridized carbons (Fsp3) is 0.438. The lowest BCUT2D eigenvalue weighted by atomic mass is 9.99. The van der Waals surface area contributed by atoms with Crippen molar-refractivity contribution in [2.45, 2.75) is 32.7 Å². The number of nitrogens with one attached hydrogen (secondary N) is 1. The predicted molar refractivity (Wildman–Crippen MR) is 84.4 cm³/mol. The zero-order valence-corrected chi connectivity index (χ0v) is 13.3. The lowest BCUT2D eigenvalue weighted by Gasteiger charge is -2.16. The molecule has 0 fully saturated rings. The van der Waals surface area contributed by atoms with Crippen LogP contribution in [0.15, 0.2) is 24.3 Å². The van der Waals surface area contributed by atoms with Crippen molar-refractivity contribution in [3.05, 3.63) is 51.8 Å². The summed E-state index contributed by atoms with van der Waals surface area (Å²) in [6.45, 7) is 4.12. The molecule has 0 aliphatic rings. The van der Waals surface area contributed by atoms with Crippen LogP contribution in [-0.2, 0) is 19.9 Å². The molecule has 0 amide bonds. The smallest absolute Gasteiger partial charge is 0.130 e. The van der Waals surface area contributed by atoms with Crippen molar-refractivity contribution < 1.29 is 0 Å². The zero-order chi connectivity index (χ0) is 14.7. The molecule has 0 aliphatic carbocycles. The van der Waals surface area contributed by atoms with Gasteiger partial charge in [-0.3, -0.25) is 4.68 Å². The SMILES string of the molecule is CNC(Cc1ccc(C)cc1)Cc1c(C)nn(C)c1Cl. The lowest BCUT2D eigenvalue weighted by molar-refractivity contribution is 0.555. The first-order valence-electron chi connectivity index (χ1n) is 6.92. The van der Waals surface area contributed by atoms with Gasteiger partial charge in [-0.15, -0.1) is 0 Å². The summed E-state index contributed by atoms with van der Waals surface area (Å²) in [6.07, 6.45) is 1.88. The largest absolute Gasteiger partial charge is 0.316 e. The third kappa shape index (κ3) is 3.41. The quantitative estimate of drug-likeness (QED) is 0.917. The number of aromatic nitrogens is 2. The van der Waals surface area contributed by atoms with Crippen LogP contribution in [0.2, 0.25) is 5.15 Å². The molecule has 0 spiro atoms. The van der Waals surface area contributed by atoms with Crippen LogP contribution in [0.5, 0.6) is 0 Å². The molecule has 108 valence electrons. The Morgan fingerprint density at radius 3 is 2.35 bits per heavy atom. The Labute approximate surface area is 126 Å². The van der Waals surface area contributed by atoms with Crippen LogP contribution in [0.4, 0.5) is 0 Å². The van der Waals surface area contributed by atoms with E-state index < -0.39 is 0 Å². The molecule has 2 rings (SSSR count). The molecule has 4 heteroatoms. The van der Waals surface area contributed by atoms with Crippen molar-refractivity contribution in [3.8, 4) is 0 Å².